The summed E-state index contributed by atoms with van der Waals surface area (Å²) in [5.74, 6) is 1.41. The zero-order chi connectivity index (χ0) is 17.1. The predicted octanol–water partition coefficient (Wildman–Crippen LogP) is 3.19. The summed E-state index contributed by atoms with van der Waals surface area (Å²) in [5, 5.41) is 11.9. The van der Waals surface area contributed by atoms with Crippen LogP contribution in [0.25, 0.3) is 11.2 Å². The highest BCUT2D eigenvalue weighted by molar-refractivity contribution is 5.82. The number of benzene rings is 2. The van der Waals surface area contributed by atoms with Crippen LogP contribution in [0.3, 0.4) is 0 Å². The molecule has 0 aliphatic heterocycles. The van der Waals surface area contributed by atoms with Crippen molar-refractivity contribution in [3.8, 4) is 0 Å². The molecule has 0 bridgehead atoms. The molecule has 6 nitrogen and oxygen atoms in total. The van der Waals surface area contributed by atoms with Crippen LogP contribution >= 0.6 is 0 Å². The molecule has 2 aromatic heterocycles. The van der Waals surface area contributed by atoms with Gasteiger partial charge in [0.1, 0.15) is 5.82 Å². The molecule has 0 fully saturated rings. The Bertz CT molecular complexity index is 979. The maximum absolute atomic E-state index is 4.53. The second kappa shape index (κ2) is 6.68. The normalized spacial score (nSPS) is 10.9. The molecule has 124 valence electrons. The van der Waals surface area contributed by atoms with E-state index in [1.807, 2.05) is 48.0 Å². The minimum Gasteiger partial charge on any atom is -0.364 e. The Kier molecular flexibility index (Phi) is 4.08. The molecule has 6 heteroatoms. The van der Waals surface area contributed by atoms with Crippen molar-refractivity contribution in [1.29, 1.82) is 0 Å². The van der Waals surface area contributed by atoms with Gasteiger partial charge in [0, 0.05) is 6.54 Å². The van der Waals surface area contributed by atoms with Crippen LogP contribution < -0.4 is 5.32 Å². The molecule has 2 heterocycles. The van der Waals surface area contributed by atoms with Crippen molar-refractivity contribution in [2.45, 2.75) is 20.0 Å². The first kappa shape index (κ1) is 15.3. The highest BCUT2D eigenvalue weighted by atomic mass is 15.4. The van der Waals surface area contributed by atoms with Crippen molar-refractivity contribution >= 4 is 17.0 Å². The molecule has 0 aliphatic rings. The Morgan fingerprint density at radius 3 is 2.28 bits per heavy atom. The monoisotopic (exact) mass is 330 g/mol. The fourth-order valence-corrected chi connectivity index (χ4v) is 2.73. The van der Waals surface area contributed by atoms with E-state index in [4.69, 9.17) is 0 Å². The standard InChI is InChI=1S/C19H18N6/c1-14-21-18(20-12-15-8-4-2-5-9-15)17-19(22-14)25(24-23-17)13-16-10-6-3-7-11-16/h2-11H,12-13H2,1H3,(H,20,21,22). The SMILES string of the molecule is Cc1nc(NCc2ccccc2)c2nnn(Cc3ccccc3)c2n1. The van der Waals surface area contributed by atoms with Crippen molar-refractivity contribution < 1.29 is 0 Å². The molecule has 2 aromatic carbocycles. The van der Waals surface area contributed by atoms with Crippen LogP contribution in [0.5, 0.6) is 0 Å². The number of fused-ring (bicyclic) bond motifs is 1. The lowest BCUT2D eigenvalue weighted by Crippen LogP contribution is -2.06. The van der Waals surface area contributed by atoms with Gasteiger partial charge in [-0.15, -0.1) is 5.10 Å². The second-order valence-corrected chi connectivity index (χ2v) is 5.86. The topological polar surface area (TPSA) is 68.5 Å². The van der Waals surface area contributed by atoms with Gasteiger partial charge < -0.3 is 5.32 Å². The van der Waals surface area contributed by atoms with Gasteiger partial charge in [-0.25, -0.2) is 14.6 Å². The number of hydrogen-bond donors (Lipinski definition) is 1. The molecule has 4 rings (SSSR count). The minimum absolute atomic E-state index is 0.631. The van der Waals surface area contributed by atoms with Gasteiger partial charge in [0.2, 0.25) is 0 Å². The summed E-state index contributed by atoms with van der Waals surface area (Å²) in [5.41, 5.74) is 3.78. The number of nitrogens with zero attached hydrogens (tertiary/aromatic N) is 5. The van der Waals surface area contributed by atoms with Gasteiger partial charge in [0.15, 0.2) is 17.0 Å². The maximum atomic E-state index is 4.53. The van der Waals surface area contributed by atoms with Gasteiger partial charge in [0.25, 0.3) is 0 Å². The number of anilines is 1. The fourth-order valence-electron chi connectivity index (χ4n) is 2.73. The average Bonchev–Trinajstić information content (AvgIpc) is 3.04. The summed E-state index contributed by atoms with van der Waals surface area (Å²) in [4.78, 5) is 9.03. The molecular formula is C19H18N6. The number of nitrogens with one attached hydrogen (secondary N) is 1. The lowest BCUT2D eigenvalue weighted by molar-refractivity contribution is 0.663. The molecule has 0 aliphatic carbocycles. The Morgan fingerprint density at radius 2 is 1.56 bits per heavy atom. The minimum atomic E-state index is 0.631. The first-order valence-electron chi connectivity index (χ1n) is 8.19. The smallest absolute Gasteiger partial charge is 0.184 e. The summed E-state index contributed by atoms with van der Waals surface area (Å²) < 4.78 is 1.81. The van der Waals surface area contributed by atoms with Crippen molar-refractivity contribution in [2.75, 3.05) is 5.32 Å². The molecular weight excluding hydrogens is 312 g/mol. The van der Waals surface area contributed by atoms with E-state index in [2.05, 4.69) is 49.9 Å². The molecule has 0 radical (unpaired) electrons. The summed E-state index contributed by atoms with van der Waals surface area (Å²) in [6.45, 7) is 3.19. The van der Waals surface area contributed by atoms with Crippen molar-refractivity contribution in [3.63, 3.8) is 0 Å². The van der Waals surface area contributed by atoms with E-state index < -0.39 is 0 Å². The number of aromatic nitrogens is 5. The van der Waals surface area contributed by atoms with Crippen LogP contribution in [-0.4, -0.2) is 25.0 Å². The van der Waals surface area contributed by atoms with Crippen molar-refractivity contribution in [2.24, 2.45) is 0 Å². The molecule has 4 aromatic rings. The van der Waals surface area contributed by atoms with Crippen molar-refractivity contribution in [3.05, 3.63) is 77.6 Å². The predicted molar refractivity (Wildman–Crippen MR) is 97.2 cm³/mol. The number of rotatable bonds is 5. The van der Waals surface area contributed by atoms with Crippen LogP contribution in [-0.2, 0) is 13.1 Å². The molecule has 0 spiro atoms. The second-order valence-electron chi connectivity index (χ2n) is 5.86. The highest BCUT2D eigenvalue weighted by Gasteiger charge is 2.13. The van der Waals surface area contributed by atoms with Gasteiger partial charge in [-0.1, -0.05) is 65.9 Å². The summed E-state index contributed by atoms with van der Waals surface area (Å²) in [6, 6.07) is 20.4. The first-order valence-corrected chi connectivity index (χ1v) is 8.19. The molecule has 0 atom stereocenters. The maximum Gasteiger partial charge on any atom is 0.184 e. The van der Waals surface area contributed by atoms with Crippen LogP contribution in [0.1, 0.15) is 17.0 Å². The molecule has 0 saturated carbocycles. The van der Waals surface area contributed by atoms with Gasteiger partial charge in [-0.05, 0) is 18.1 Å². The van der Waals surface area contributed by atoms with E-state index in [1.165, 1.54) is 5.56 Å². The third-order valence-electron chi connectivity index (χ3n) is 3.95. The van der Waals surface area contributed by atoms with Gasteiger partial charge in [-0.3, -0.25) is 0 Å². The van der Waals surface area contributed by atoms with Gasteiger partial charge in [0.05, 0.1) is 6.54 Å². The van der Waals surface area contributed by atoms with Crippen LogP contribution in [0.15, 0.2) is 60.7 Å². The first-order chi connectivity index (χ1) is 12.3. The lowest BCUT2D eigenvalue weighted by Gasteiger charge is -2.07. The van der Waals surface area contributed by atoms with E-state index in [0.717, 1.165) is 11.2 Å². The summed E-state index contributed by atoms with van der Waals surface area (Å²) >= 11 is 0. The van der Waals surface area contributed by atoms with E-state index in [-0.39, 0.29) is 0 Å². The third-order valence-corrected chi connectivity index (χ3v) is 3.95. The molecule has 0 amide bonds. The summed E-state index contributed by atoms with van der Waals surface area (Å²) in [6.07, 6.45) is 0. The Balaban J connectivity index is 1.64. The molecule has 1 N–H and O–H groups in total. The fraction of sp³-hybridized carbons (Fsp3) is 0.158. The van der Waals surface area contributed by atoms with Crippen LogP contribution in [0.4, 0.5) is 5.82 Å². The average molecular weight is 330 g/mol. The largest absolute Gasteiger partial charge is 0.364 e. The summed E-state index contributed by atoms with van der Waals surface area (Å²) in [7, 11) is 0. The van der Waals surface area contributed by atoms with E-state index in [9.17, 15) is 0 Å². The number of hydrogen-bond acceptors (Lipinski definition) is 5. The van der Waals surface area contributed by atoms with Gasteiger partial charge >= 0.3 is 0 Å². The highest BCUT2D eigenvalue weighted by Crippen LogP contribution is 2.19. The Morgan fingerprint density at radius 1 is 0.880 bits per heavy atom. The Labute approximate surface area is 145 Å². The van der Waals surface area contributed by atoms with Crippen molar-refractivity contribution in [1.82, 2.24) is 25.0 Å². The van der Waals surface area contributed by atoms with Gasteiger partial charge in [-0.2, -0.15) is 0 Å². The zero-order valence-corrected chi connectivity index (χ0v) is 13.9. The lowest BCUT2D eigenvalue weighted by atomic mass is 10.2. The molecule has 0 saturated heterocycles. The van der Waals surface area contributed by atoms with Crippen LogP contribution in [0, 0.1) is 6.92 Å². The third kappa shape index (κ3) is 3.33. The molecule has 0 unspecified atom stereocenters. The van der Waals surface area contributed by atoms with E-state index >= 15 is 0 Å². The Hall–Kier alpha value is -3.28. The quantitative estimate of drug-likeness (QED) is 0.608. The van der Waals surface area contributed by atoms with E-state index in [1.54, 1.807) is 0 Å². The zero-order valence-electron chi connectivity index (χ0n) is 13.9. The number of aryl methyl sites for hydroxylation is 1. The van der Waals surface area contributed by atoms with Crippen LogP contribution in [0.2, 0.25) is 0 Å². The van der Waals surface area contributed by atoms with E-state index in [0.29, 0.717) is 30.2 Å². The molecule has 25 heavy (non-hydrogen) atoms.